The highest BCUT2D eigenvalue weighted by molar-refractivity contribution is 9.10. The first-order chi connectivity index (χ1) is 14.7. The predicted molar refractivity (Wildman–Crippen MR) is 120 cm³/mol. The van der Waals surface area contributed by atoms with Gasteiger partial charge in [0.25, 0.3) is 0 Å². The van der Waals surface area contributed by atoms with Crippen molar-refractivity contribution in [3.05, 3.63) is 51.5 Å². The molecule has 3 amide bonds. The molecular formula is C21H20BrClN4O4. The maximum absolute atomic E-state index is 13.5. The summed E-state index contributed by atoms with van der Waals surface area (Å²) in [6, 6.07) is 9.80. The fourth-order valence-corrected chi connectivity index (χ4v) is 4.94. The van der Waals surface area contributed by atoms with Crippen LogP contribution in [0.5, 0.6) is 5.75 Å². The van der Waals surface area contributed by atoms with Crippen LogP contribution >= 0.6 is 27.5 Å². The van der Waals surface area contributed by atoms with Crippen molar-refractivity contribution in [3.63, 3.8) is 0 Å². The van der Waals surface area contributed by atoms with Crippen molar-refractivity contribution in [2.75, 3.05) is 17.7 Å². The summed E-state index contributed by atoms with van der Waals surface area (Å²) in [6.45, 7) is 0. The number of nitrogens with one attached hydrogen (secondary N) is 3. The van der Waals surface area contributed by atoms with Crippen molar-refractivity contribution in [1.82, 2.24) is 5.32 Å². The predicted octanol–water partition coefficient (Wildman–Crippen LogP) is 2.75. The molecule has 4 rings (SSSR count). The molecule has 1 saturated heterocycles. The van der Waals surface area contributed by atoms with E-state index in [2.05, 4.69) is 31.9 Å². The van der Waals surface area contributed by atoms with Gasteiger partial charge in [-0.1, -0.05) is 27.5 Å². The number of benzene rings is 2. The van der Waals surface area contributed by atoms with Crippen molar-refractivity contribution in [2.24, 2.45) is 11.7 Å². The van der Waals surface area contributed by atoms with Crippen LogP contribution in [0.3, 0.4) is 0 Å². The largest absolute Gasteiger partial charge is 0.495 e. The van der Waals surface area contributed by atoms with Crippen LogP contribution in [-0.2, 0) is 19.9 Å². The minimum atomic E-state index is -1.34. The number of halogens is 2. The number of carbonyl (C=O) groups excluding carboxylic acids is 3. The molecular weight excluding hydrogens is 488 g/mol. The summed E-state index contributed by atoms with van der Waals surface area (Å²) in [4.78, 5) is 38.3. The van der Waals surface area contributed by atoms with Crippen LogP contribution in [0.25, 0.3) is 0 Å². The number of amides is 3. The smallest absolute Gasteiger partial charge is 0.250 e. The summed E-state index contributed by atoms with van der Waals surface area (Å²) < 4.78 is 6.07. The second-order valence-corrected chi connectivity index (χ2v) is 8.94. The van der Waals surface area contributed by atoms with Gasteiger partial charge in [-0.2, -0.15) is 0 Å². The summed E-state index contributed by atoms with van der Waals surface area (Å²) in [7, 11) is 1.48. The van der Waals surface area contributed by atoms with E-state index < -0.39 is 29.3 Å². The van der Waals surface area contributed by atoms with Crippen LogP contribution in [0.15, 0.2) is 40.9 Å². The summed E-state index contributed by atoms with van der Waals surface area (Å²) in [5, 5.41) is 9.35. The summed E-state index contributed by atoms with van der Waals surface area (Å²) in [6.07, 6.45) is 0.250. The number of primary amides is 1. The molecule has 0 radical (unpaired) electrons. The second kappa shape index (κ2) is 8.14. The first-order valence-electron chi connectivity index (χ1n) is 9.56. The van der Waals surface area contributed by atoms with Crippen LogP contribution in [-0.4, -0.2) is 30.9 Å². The van der Waals surface area contributed by atoms with E-state index in [0.717, 1.165) is 4.47 Å². The summed E-state index contributed by atoms with van der Waals surface area (Å²) in [5.74, 6) is -1.64. The molecule has 162 valence electrons. The number of ether oxygens (including phenoxy) is 1. The van der Waals surface area contributed by atoms with Crippen LogP contribution in [0.2, 0.25) is 5.02 Å². The molecule has 0 unspecified atom stereocenters. The number of methoxy groups -OCH3 is 1. The molecule has 2 aliphatic rings. The van der Waals surface area contributed by atoms with Crippen molar-refractivity contribution < 1.29 is 19.1 Å². The van der Waals surface area contributed by atoms with Gasteiger partial charge in [-0.15, -0.1) is 0 Å². The molecule has 2 aliphatic heterocycles. The van der Waals surface area contributed by atoms with E-state index in [1.165, 1.54) is 7.11 Å². The van der Waals surface area contributed by atoms with Crippen molar-refractivity contribution >= 4 is 56.6 Å². The lowest BCUT2D eigenvalue weighted by atomic mass is 9.79. The molecule has 10 heteroatoms. The van der Waals surface area contributed by atoms with Crippen LogP contribution in [0.1, 0.15) is 18.4 Å². The number of hydrogen-bond donors (Lipinski definition) is 4. The molecule has 2 aromatic rings. The number of rotatable bonds is 5. The molecule has 0 bridgehead atoms. The lowest BCUT2D eigenvalue weighted by Gasteiger charge is -2.29. The lowest BCUT2D eigenvalue weighted by Crippen LogP contribution is -2.52. The molecule has 1 fully saturated rings. The molecule has 1 spiro atoms. The number of nitrogens with two attached hydrogens (primary N) is 1. The average Bonchev–Trinajstić information content (AvgIpc) is 3.21. The van der Waals surface area contributed by atoms with Gasteiger partial charge in [-0.3, -0.25) is 19.7 Å². The number of fused-ring (bicyclic) bond motifs is 2. The van der Waals surface area contributed by atoms with Crippen LogP contribution in [0.4, 0.5) is 11.4 Å². The highest BCUT2D eigenvalue weighted by Gasteiger charge is 2.60. The molecule has 31 heavy (non-hydrogen) atoms. The Morgan fingerprint density at radius 1 is 1.32 bits per heavy atom. The Balaban J connectivity index is 1.75. The Morgan fingerprint density at radius 2 is 2.10 bits per heavy atom. The lowest BCUT2D eigenvalue weighted by molar-refractivity contribution is -0.130. The zero-order chi connectivity index (χ0) is 22.3. The maximum atomic E-state index is 13.5. The number of anilines is 2. The normalized spacial score (nSPS) is 24.0. The zero-order valence-corrected chi connectivity index (χ0v) is 18.8. The first-order valence-corrected chi connectivity index (χ1v) is 10.7. The van der Waals surface area contributed by atoms with Gasteiger partial charge < -0.3 is 21.1 Å². The quantitative estimate of drug-likeness (QED) is 0.496. The van der Waals surface area contributed by atoms with Gasteiger partial charge in [-0.05, 0) is 42.8 Å². The first kappa shape index (κ1) is 21.6. The minimum absolute atomic E-state index is 0.00261. The summed E-state index contributed by atoms with van der Waals surface area (Å²) >= 11 is 9.52. The average molecular weight is 508 g/mol. The molecule has 0 aromatic heterocycles. The van der Waals surface area contributed by atoms with E-state index in [-0.39, 0.29) is 18.7 Å². The van der Waals surface area contributed by atoms with Gasteiger partial charge in [0.2, 0.25) is 17.7 Å². The standard InChI is InChI=1S/C21H20BrClN4O4/c1-31-17-5-3-11(23)7-16(17)25-19(29)14-8-12(9-18(24)28)27-21(14)13-6-10(22)2-4-15(13)26-20(21)30/h2-7,12,14,27H,8-9H2,1H3,(H2,24,28)(H,25,29)(H,26,30)/t12-,14-,21+/m0/s1. The maximum Gasteiger partial charge on any atom is 0.250 e. The van der Waals surface area contributed by atoms with E-state index in [1.807, 2.05) is 0 Å². The number of hydrogen-bond acceptors (Lipinski definition) is 5. The molecule has 5 N–H and O–H groups in total. The van der Waals surface area contributed by atoms with Crippen molar-refractivity contribution in [2.45, 2.75) is 24.4 Å². The zero-order valence-electron chi connectivity index (χ0n) is 16.5. The molecule has 3 atom stereocenters. The monoisotopic (exact) mass is 506 g/mol. The Bertz CT molecular complexity index is 1100. The second-order valence-electron chi connectivity index (χ2n) is 7.59. The molecule has 2 heterocycles. The molecule has 0 saturated carbocycles. The Morgan fingerprint density at radius 3 is 2.81 bits per heavy atom. The third kappa shape index (κ3) is 3.77. The van der Waals surface area contributed by atoms with Crippen molar-refractivity contribution in [1.29, 1.82) is 0 Å². The highest BCUT2D eigenvalue weighted by Crippen LogP contribution is 2.48. The van der Waals surface area contributed by atoms with Crippen LogP contribution < -0.4 is 26.4 Å². The highest BCUT2D eigenvalue weighted by atomic mass is 79.9. The third-order valence-corrected chi connectivity index (χ3v) is 6.40. The van der Waals surface area contributed by atoms with Gasteiger partial charge >= 0.3 is 0 Å². The molecule has 2 aromatic carbocycles. The van der Waals surface area contributed by atoms with Gasteiger partial charge in [0.05, 0.1) is 18.7 Å². The summed E-state index contributed by atoms with van der Waals surface area (Å²) in [5.41, 5.74) is 5.69. The van der Waals surface area contributed by atoms with Gasteiger partial charge in [0.1, 0.15) is 11.3 Å². The van der Waals surface area contributed by atoms with Gasteiger partial charge in [0.15, 0.2) is 0 Å². The fourth-order valence-electron chi connectivity index (χ4n) is 4.41. The van der Waals surface area contributed by atoms with Crippen LogP contribution in [0, 0.1) is 5.92 Å². The number of carbonyl (C=O) groups is 3. The van der Waals surface area contributed by atoms with E-state index >= 15 is 0 Å². The topological polar surface area (TPSA) is 123 Å². The van der Waals surface area contributed by atoms with E-state index in [1.54, 1.807) is 36.4 Å². The SMILES string of the molecule is COc1ccc(Cl)cc1NC(=O)[C@@H]1C[C@@H](CC(N)=O)N[C@@]12C(=O)Nc1ccc(Br)cc12. The third-order valence-electron chi connectivity index (χ3n) is 5.67. The Labute approximate surface area is 192 Å². The van der Waals surface area contributed by atoms with E-state index in [0.29, 0.717) is 27.7 Å². The van der Waals surface area contributed by atoms with E-state index in [4.69, 9.17) is 22.1 Å². The van der Waals surface area contributed by atoms with Gasteiger partial charge in [0, 0.05) is 33.2 Å². The molecule has 0 aliphatic carbocycles. The minimum Gasteiger partial charge on any atom is -0.495 e. The van der Waals surface area contributed by atoms with Crippen molar-refractivity contribution in [3.8, 4) is 5.75 Å². The van der Waals surface area contributed by atoms with E-state index in [9.17, 15) is 14.4 Å². The Kier molecular flexibility index (Phi) is 5.67. The fraction of sp³-hybridized carbons (Fsp3) is 0.286. The Hall–Kier alpha value is -2.62. The van der Waals surface area contributed by atoms with Gasteiger partial charge in [-0.25, -0.2) is 0 Å². The molecule has 8 nitrogen and oxygen atoms in total.